The maximum atomic E-state index is 11.3. The lowest BCUT2D eigenvalue weighted by molar-refractivity contribution is -0.0479. The molecule has 1 aromatic carbocycles. The van der Waals surface area contributed by atoms with Crippen molar-refractivity contribution in [2.45, 2.75) is 19.0 Å². The lowest BCUT2D eigenvalue weighted by Crippen LogP contribution is -2.64. The summed E-state index contributed by atoms with van der Waals surface area (Å²) in [6.45, 7) is 8.81. The van der Waals surface area contributed by atoms with E-state index in [1.807, 2.05) is 12.1 Å². The number of rotatable bonds is 5. The fourth-order valence-corrected chi connectivity index (χ4v) is 3.47. The van der Waals surface area contributed by atoms with Crippen molar-refractivity contribution in [3.63, 3.8) is 0 Å². The van der Waals surface area contributed by atoms with E-state index in [2.05, 4.69) is 16.7 Å². The summed E-state index contributed by atoms with van der Waals surface area (Å²) in [5, 5.41) is 0.899. The van der Waals surface area contributed by atoms with E-state index in [0.29, 0.717) is 24.3 Å². The Morgan fingerprint density at radius 2 is 1.96 bits per heavy atom. The summed E-state index contributed by atoms with van der Waals surface area (Å²) in [5.74, 6) is 0.735. The van der Waals surface area contributed by atoms with Crippen molar-refractivity contribution < 1.29 is 13.9 Å². The Balaban J connectivity index is 1.29. The van der Waals surface area contributed by atoms with E-state index >= 15 is 0 Å². The molecule has 3 heterocycles. The van der Waals surface area contributed by atoms with Crippen LogP contribution in [-0.4, -0.2) is 67.9 Å². The van der Waals surface area contributed by atoms with Crippen LogP contribution in [0.5, 0.6) is 5.75 Å². The molecule has 0 bridgehead atoms. The van der Waals surface area contributed by atoms with Gasteiger partial charge in [-0.1, -0.05) is 0 Å². The first-order valence-corrected chi connectivity index (χ1v) is 8.91. The van der Waals surface area contributed by atoms with Crippen molar-refractivity contribution in [2.75, 3.05) is 46.0 Å². The van der Waals surface area contributed by atoms with Crippen molar-refractivity contribution in [2.24, 2.45) is 0 Å². The summed E-state index contributed by atoms with van der Waals surface area (Å²) >= 11 is 0. The molecule has 6 nitrogen and oxygen atoms in total. The standard InChI is InChI=1S/C19H24N2O4/c1-14(21-11-16(12-21)20-6-8-23-9-7-20)13-24-17-4-2-15-3-5-19(22)25-18(15)10-17/h2-5,10,14,16H,6-9,11-13H2,1H3. The van der Waals surface area contributed by atoms with Gasteiger partial charge in [0.15, 0.2) is 0 Å². The maximum Gasteiger partial charge on any atom is 0.336 e. The molecule has 2 aliphatic heterocycles. The van der Waals surface area contributed by atoms with Gasteiger partial charge in [0, 0.05) is 55.8 Å². The second kappa shape index (κ2) is 7.15. The molecule has 2 fully saturated rings. The molecule has 6 heteroatoms. The number of hydrogen-bond acceptors (Lipinski definition) is 6. The monoisotopic (exact) mass is 344 g/mol. The normalized spacial score (nSPS) is 21.2. The molecule has 2 saturated heterocycles. The third-order valence-electron chi connectivity index (χ3n) is 5.16. The first-order valence-electron chi connectivity index (χ1n) is 8.91. The first-order chi connectivity index (χ1) is 12.2. The predicted octanol–water partition coefficient (Wildman–Crippen LogP) is 1.58. The van der Waals surface area contributed by atoms with Gasteiger partial charge in [-0.25, -0.2) is 4.79 Å². The fraction of sp³-hybridized carbons (Fsp3) is 0.526. The average molecular weight is 344 g/mol. The summed E-state index contributed by atoms with van der Waals surface area (Å²) in [4.78, 5) is 16.3. The topological polar surface area (TPSA) is 55.2 Å². The van der Waals surface area contributed by atoms with Crippen molar-refractivity contribution in [3.8, 4) is 5.75 Å². The summed E-state index contributed by atoms with van der Waals surface area (Å²) < 4.78 is 16.5. The Hall–Kier alpha value is -1.89. The zero-order chi connectivity index (χ0) is 17.2. The van der Waals surface area contributed by atoms with Gasteiger partial charge >= 0.3 is 5.63 Å². The van der Waals surface area contributed by atoms with E-state index in [9.17, 15) is 4.79 Å². The van der Waals surface area contributed by atoms with Crippen LogP contribution in [0.3, 0.4) is 0 Å². The van der Waals surface area contributed by atoms with Gasteiger partial charge in [-0.2, -0.15) is 0 Å². The Morgan fingerprint density at radius 3 is 2.76 bits per heavy atom. The van der Waals surface area contributed by atoms with E-state index in [0.717, 1.165) is 50.5 Å². The lowest BCUT2D eigenvalue weighted by atomic mass is 10.0. The Bertz CT molecular complexity index is 778. The van der Waals surface area contributed by atoms with Crippen LogP contribution in [0.1, 0.15) is 6.92 Å². The highest BCUT2D eigenvalue weighted by molar-refractivity contribution is 5.77. The van der Waals surface area contributed by atoms with Crippen LogP contribution in [-0.2, 0) is 4.74 Å². The van der Waals surface area contributed by atoms with Crippen LogP contribution < -0.4 is 10.4 Å². The van der Waals surface area contributed by atoms with Gasteiger partial charge in [0.25, 0.3) is 0 Å². The van der Waals surface area contributed by atoms with Crippen LogP contribution in [0.15, 0.2) is 39.5 Å². The van der Waals surface area contributed by atoms with Gasteiger partial charge in [-0.3, -0.25) is 9.80 Å². The minimum atomic E-state index is -0.340. The van der Waals surface area contributed by atoms with Crippen molar-refractivity contribution in [3.05, 3.63) is 40.8 Å². The van der Waals surface area contributed by atoms with E-state index in [1.165, 1.54) is 6.07 Å². The molecule has 25 heavy (non-hydrogen) atoms. The summed E-state index contributed by atoms with van der Waals surface area (Å²) in [6.07, 6.45) is 0. The van der Waals surface area contributed by atoms with Crippen molar-refractivity contribution >= 4 is 11.0 Å². The number of likely N-dealkylation sites (tertiary alicyclic amines) is 1. The molecule has 0 radical (unpaired) electrons. The Morgan fingerprint density at radius 1 is 1.20 bits per heavy atom. The minimum absolute atomic E-state index is 0.340. The maximum absolute atomic E-state index is 11.3. The molecule has 2 aliphatic rings. The number of fused-ring (bicyclic) bond motifs is 1. The molecule has 0 N–H and O–H groups in total. The Kier molecular flexibility index (Phi) is 4.74. The number of hydrogen-bond donors (Lipinski definition) is 0. The minimum Gasteiger partial charge on any atom is -0.492 e. The van der Waals surface area contributed by atoms with Crippen LogP contribution in [0.2, 0.25) is 0 Å². The second-order valence-corrected chi connectivity index (χ2v) is 6.87. The van der Waals surface area contributed by atoms with Crippen LogP contribution in [0.4, 0.5) is 0 Å². The average Bonchev–Trinajstić information content (AvgIpc) is 2.59. The van der Waals surface area contributed by atoms with Crippen LogP contribution in [0.25, 0.3) is 11.0 Å². The van der Waals surface area contributed by atoms with Crippen molar-refractivity contribution in [1.82, 2.24) is 9.80 Å². The van der Waals surface area contributed by atoms with Crippen molar-refractivity contribution in [1.29, 1.82) is 0 Å². The molecule has 134 valence electrons. The van der Waals surface area contributed by atoms with Gasteiger partial charge in [0.05, 0.1) is 13.2 Å². The van der Waals surface area contributed by atoms with E-state index in [1.54, 1.807) is 12.1 Å². The van der Waals surface area contributed by atoms with E-state index in [4.69, 9.17) is 13.9 Å². The summed E-state index contributed by atoms with van der Waals surface area (Å²) in [6, 6.07) is 9.82. The number of benzene rings is 1. The molecule has 0 aliphatic carbocycles. The van der Waals surface area contributed by atoms with E-state index < -0.39 is 0 Å². The molecule has 0 spiro atoms. The Labute approximate surface area is 146 Å². The fourth-order valence-electron chi connectivity index (χ4n) is 3.47. The van der Waals surface area contributed by atoms with Crippen LogP contribution in [0, 0.1) is 0 Å². The zero-order valence-corrected chi connectivity index (χ0v) is 14.5. The van der Waals surface area contributed by atoms with Gasteiger partial charge in [-0.15, -0.1) is 0 Å². The highest BCUT2D eigenvalue weighted by Gasteiger charge is 2.35. The molecule has 1 aromatic heterocycles. The molecular formula is C19H24N2O4. The molecule has 0 saturated carbocycles. The molecule has 1 unspecified atom stereocenters. The zero-order valence-electron chi connectivity index (χ0n) is 14.5. The highest BCUT2D eigenvalue weighted by Crippen LogP contribution is 2.22. The lowest BCUT2D eigenvalue weighted by Gasteiger charge is -2.48. The number of ether oxygens (including phenoxy) is 2. The number of nitrogens with zero attached hydrogens (tertiary/aromatic N) is 2. The second-order valence-electron chi connectivity index (χ2n) is 6.87. The molecular weight excluding hydrogens is 320 g/mol. The molecule has 2 aromatic rings. The quantitative estimate of drug-likeness (QED) is 0.768. The van der Waals surface area contributed by atoms with Gasteiger partial charge in [-0.05, 0) is 25.1 Å². The highest BCUT2D eigenvalue weighted by atomic mass is 16.5. The third kappa shape index (κ3) is 3.71. The largest absolute Gasteiger partial charge is 0.492 e. The van der Waals surface area contributed by atoms with Gasteiger partial charge < -0.3 is 13.9 Å². The number of morpholine rings is 1. The summed E-state index contributed by atoms with van der Waals surface area (Å²) in [5.41, 5.74) is 0.224. The predicted molar refractivity (Wildman–Crippen MR) is 95.2 cm³/mol. The SMILES string of the molecule is CC(COc1ccc2ccc(=O)oc2c1)N1CC(N2CCOCC2)C1. The van der Waals surface area contributed by atoms with Gasteiger partial charge in [0.2, 0.25) is 0 Å². The third-order valence-corrected chi connectivity index (χ3v) is 5.16. The molecule has 4 rings (SSSR count). The molecule has 0 amide bonds. The first kappa shape index (κ1) is 16.6. The van der Waals surface area contributed by atoms with E-state index in [-0.39, 0.29) is 5.63 Å². The smallest absolute Gasteiger partial charge is 0.336 e. The molecule has 1 atom stereocenters. The van der Waals surface area contributed by atoms with Gasteiger partial charge in [0.1, 0.15) is 17.9 Å². The van der Waals surface area contributed by atoms with Crippen LogP contribution >= 0.6 is 0 Å². The summed E-state index contributed by atoms with van der Waals surface area (Å²) in [7, 11) is 0.